The molecule has 0 spiro atoms. The monoisotopic (exact) mass is 359 g/mol. The fraction of sp³-hybridized carbons (Fsp3) is 0.182. The molecule has 136 valence electrons. The van der Waals surface area contributed by atoms with Crippen molar-refractivity contribution in [3.8, 4) is 5.75 Å². The molecule has 0 saturated heterocycles. The number of aromatic nitrogens is 2. The van der Waals surface area contributed by atoms with Gasteiger partial charge in [-0.25, -0.2) is 0 Å². The molecule has 27 heavy (non-hydrogen) atoms. The molecule has 0 unspecified atom stereocenters. The molecule has 0 radical (unpaired) electrons. The first-order chi connectivity index (χ1) is 13.3. The zero-order chi connectivity index (χ0) is 18.5. The standard InChI is InChI=1S/C22H21N3O2/c1-26-20-8-9-22-18(12-20)6-7-19(24-22)15-25(16-21-5-3-11-27-21)14-17-4-2-10-23-13-17/h2-13H,14-16H2,1H3. The first kappa shape index (κ1) is 17.2. The largest absolute Gasteiger partial charge is 0.497 e. The van der Waals surface area contributed by atoms with Crippen LogP contribution in [0.5, 0.6) is 5.75 Å². The normalized spacial score (nSPS) is 11.2. The highest BCUT2D eigenvalue weighted by Crippen LogP contribution is 2.21. The van der Waals surface area contributed by atoms with Crippen LogP contribution in [0.4, 0.5) is 0 Å². The number of rotatable bonds is 7. The summed E-state index contributed by atoms with van der Waals surface area (Å²) >= 11 is 0. The van der Waals surface area contributed by atoms with Crippen molar-refractivity contribution in [1.82, 2.24) is 14.9 Å². The third kappa shape index (κ3) is 4.33. The molecule has 0 aliphatic heterocycles. The van der Waals surface area contributed by atoms with Gasteiger partial charge in [0.2, 0.25) is 0 Å². The number of methoxy groups -OCH3 is 1. The van der Waals surface area contributed by atoms with Gasteiger partial charge < -0.3 is 9.15 Å². The average Bonchev–Trinajstić information content (AvgIpc) is 3.21. The van der Waals surface area contributed by atoms with Crippen LogP contribution in [-0.4, -0.2) is 22.0 Å². The minimum atomic E-state index is 0.713. The molecular formula is C22H21N3O2. The Bertz CT molecular complexity index is 1000. The van der Waals surface area contributed by atoms with Gasteiger partial charge >= 0.3 is 0 Å². The summed E-state index contributed by atoms with van der Waals surface area (Å²) < 4.78 is 10.8. The number of fused-ring (bicyclic) bond motifs is 1. The van der Waals surface area contributed by atoms with Crippen molar-refractivity contribution in [1.29, 1.82) is 0 Å². The van der Waals surface area contributed by atoms with Crippen LogP contribution in [0, 0.1) is 0 Å². The van der Waals surface area contributed by atoms with E-state index in [2.05, 4.69) is 28.1 Å². The molecule has 3 heterocycles. The lowest BCUT2D eigenvalue weighted by molar-refractivity contribution is 0.224. The first-order valence-electron chi connectivity index (χ1n) is 8.87. The lowest BCUT2D eigenvalue weighted by Crippen LogP contribution is -2.22. The van der Waals surface area contributed by atoms with E-state index in [0.29, 0.717) is 6.54 Å². The molecule has 0 aliphatic carbocycles. The highest BCUT2D eigenvalue weighted by molar-refractivity contribution is 5.80. The molecule has 0 amide bonds. The fourth-order valence-electron chi connectivity index (χ4n) is 3.13. The third-order valence-corrected chi connectivity index (χ3v) is 4.43. The second kappa shape index (κ2) is 8.01. The van der Waals surface area contributed by atoms with E-state index in [1.807, 2.05) is 42.6 Å². The van der Waals surface area contributed by atoms with Crippen molar-refractivity contribution in [3.63, 3.8) is 0 Å². The Morgan fingerprint density at radius 3 is 2.74 bits per heavy atom. The quantitative estimate of drug-likeness (QED) is 0.488. The topological polar surface area (TPSA) is 51.4 Å². The van der Waals surface area contributed by atoms with Gasteiger partial charge in [0, 0.05) is 30.9 Å². The number of pyridine rings is 2. The predicted octanol–water partition coefficient (Wildman–Crippen LogP) is 4.43. The lowest BCUT2D eigenvalue weighted by Gasteiger charge is -2.21. The maximum atomic E-state index is 5.54. The summed E-state index contributed by atoms with van der Waals surface area (Å²) in [5, 5.41) is 1.07. The number of benzene rings is 1. The van der Waals surface area contributed by atoms with Gasteiger partial charge in [-0.2, -0.15) is 0 Å². The molecule has 4 rings (SSSR count). The summed E-state index contributed by atoms with van der Waals surface area (Å²) in [6.45, 7) is 2.21. The summed E-state index contributed by atoms with van der Waals surface area (Å²) in [5.74, 6) is 1.78. The number of nitrogens with zero attached hydrogens (tertiary/aromatic N) is 3. The maximum Gasteiger partial charge on any atom is 0.119 e. The molecule has 0 fully saturated rings. The van der Waals surface area contributed by atoms with E-state index in [9.17, 15) is 0 Å². The van der Waals surface area contributed by atoms with Crippen LogP contribution in [0.3, 0.4) is 0 Å². The lowest BCUT2D eigenvalue weighted by atomic mass is 10.2. The van der Waals surface area contributed by atoms with Crippen LogP contribution in [-0.2, 0) is 19.6 Å². The van der Waals surface area contributed by atoms with E-state index in [-0.39, 0.29) is 0 Å². The van der Waals surface area contributed by atoms with Crippen molar-refractivity contribution in [2.45, 2.75) is 19.6 Å². The molecular weight excluding hydrogens is 338 g/mol. The Kier molecular flexibility index (Phi) is 5.12. The van der Waals surface area contributed by atoms with Crippen LogP contribution < -0.4 is 4.74 Å². The van der Waals surface area contributed by atoms with E-state index in [1.165, 1.54) is 0 Å². The van der Waals surface area contributed by atoms with Crippen molar-refractivity contribution < 1.29 is 9.15 Å². The average molecular weight is 359 g/mol. The van der Waals surface area contributed by atoms with Crippen molar-refractivity contribution >= 4 is 10.9 Å². The molecule has 0 saturated carbocycles. The van der Waals surface area contributed by atoms with Crippen LogP contribution in [0.25, 0.3) is 10.9 Å². The van der Waals surface area contributed by atoms with E-state index < -0.39 is 0 Å². The Morgan fingerprint density at radius 1 is 1.00 bits per heavy atom. The van der Waals surface area contributed by atoms with E-state index in [4.69, 9.17) is 14.1 Å². The van der Waals surface area contributed by atoms with Gasteiger partial charge in [0.1, 0.15) is 11.5 Å². The zero-order valence-electron chi connectivity index (χ0n) is 15.2. The SMILES string of the molecule is COc1ccc2nc(CN(Cc3cccnc3)Cc3ccco3)ccc2c1. The number of hydrogen-bond acceptors (Lipinski definition) is 5. The van der Waals surface area contributed by atoms with Gasteiger partial charge in [-0.15, -0.1) is 0 Å². The first-order valence-corrected chi connectivity index (χ1v) is 8.87. The van der Waals surface area contributed by atoms with E-state index in [0.717, 1.165) is 46.8 Å². The summed E-state index contributed by atoms with van der Waals surface area (Å²) in [4.78, 5) is 11.3. The van der Waals surface area contributed by atoms with Gasteiger partial charge in [0.25, 0.3) is 0 Å². The molecule has 0 N–H and O–H groups in total. The van der Waals surface area contributed by atoms with Gasteiger partial charge in [-0.3, -0.25) is 14.9 Å². The molecule has 0 aliphatic rings. The summed E-state index contributed by atoms with van der Waals surface area (Å²) in [5.41, 5.74) is 3.14. The highest BCUT2D eigenvalue weighted by atomic mass is 16.5. The van der Waals surface area contributed by atoms with Crippen LogP contribution in [0.15, 0.2) is 77.7 Å². The van der Waals surface area contributed by atoms with Crippen LogP contribution in [0.2, 0.25) is 0 Å². The van der Waals surface area contributed by atoms with Crippen molar-refractivity contribution in [2.75, 3.05) is 7.11 Å². The number of hydrogen-bond donors (Lipinski definition) is 0. The zero-order valence-corrected chi connectivity index (χ0v) is 15.2. The van der Waals surface area contributed by atoms with Crippen molar-refractivity contribution in [3.05, 3.63) is 90.3 Å². The fourth-order valence-corrected chi connectivity index (χ4v) is 3.13. The highest BCUT2D eigenvalue weighted by Gasteiger charge is 2.11. The van der Waals surface area contributed by atoms with E-state index >= 15 is 0 Å². The number of ether oxygens (including phenoxy) is 1. The van der Waals surface area contributed by atoms with Gasteiger partial charge in [0.15, 0.2) is 0 Å². The van der Waals surface area contributed by atoms with Crippen LogP contribution in [0.1, 0.15) is 17.0 Å². The van der Waals surface area contributed by atoms with Gasteiger partial charge in [-0.1, -0.05) is 12.1 Å². The van der Waals surface area contributed by atoms with Gasteiger partial charge in [0.05, 0.1) is 31.1 Å². The minimum Gasteiger partial charge on any atom is -0.497 e. The Morgan fingerprint density at radius 2 is 1.96 bits per heavy atom. The molecule has 3 aromatic heterocycles. The summed E-state index contributed by atoms with van der Waals surface area (Å²) in [7, 11) is 1.67. The Balaban J connectivity index is 1.57. The third-order valence-electron chi connectivity index (χ3n) is 4.43. The Labute approximate surface area is 158 Å². The Hall–Kier alpha value is -3.18. The molecule has 5 heteroatoms. The predicted molar refractivity (Wildman–Crippen MR) is 104 cm³/mol. The minimum absolute atomic E-state index is 0.713. The van der Waals surface area contributed by atoms with Crippen LogP contribution >= 0.6 is 0 Å². The molecule has 0 atom stereocenters. The molecule has 5 nitrogen and oxygen atoms in total. The molecule has 4 aromatic rings. The number of furan rings is 1. The second-order valence-electron chi connectivity index (χ2n) is 6.45. The second-order valence-corrected chi connectivity index (χ2v) is 6.45. The molecule has 0 bridgehead atoms. The maximum absolute atomic E-state index is 5.54. The van der Waals surface area contributed by atoms with E-state index in [1.54, 1.807) is 19.6 Å². The smallest absolute Gasteiger partial charge is 0.119 e. The molecule has 1 aromatic carbocycles. The van der Waals surface area contributed by atoms with Crippen molar-refractivity contribution in [2.24, 2.45) is 0 Å². The summed E-state index contributed by atoms with van der Waals surface area (Å²) in [6.07, 6.45) is 5.40. The van der Waals surface area contributed by atoms with Gasteiger partial charge in [-0.05, 0) is 48.0 Å². The summed E-state index contributed by atoms with van der Waals surface area (Å²) in [6, 6.07) is 18.1.